The third kappa shape index (κ3) is 12.9. The van der Waals surface area contributed by atoms with Crippen molar-refractivity contribution in [1.29, 1.82) is 0 Å². The van der Waals surface area contributed by atoms with Crippen LogP contribution in [0.5, 0.6) is 0 Å². The van der Waals surface area contributed by atoms with E-state index in [0.717, 1.165) is 30.6 Å². The molecular formula is C39H54Cl2N10O5S. The van der Waals surface area contributed by atoms with E-state index >= 15 is 0 Å². The van der Waals surface area contributed by atoms with Gasteiger partial charge in [0.1, 0.15) is 18.7 Å². The van der Waals surface area contributed by atoms with Crippen molar-refractivity contribution in [2.24, 2.45) is 0 Å². The van der Waals surface area contributed by atoms with E-state index in [0.29, 0.717) is 42.5 Å². The number of carbonyl (C=O) groups is 4. The van der Waals surface area contributed by atoms with Crippen LogP contribution in [-0.4, -0.2) is 124 Å². The predicted octanol–water partition coefficient (Wildman–Crippen LogP) is 2.60. The van der Waals surface area contributed by atoms with E-state index in [2.05, 4.69) is 48.6 Å². The molecule has 57 heavy (non-hydrogen) atoms. The van der Waals surface area contributed by atoms with E-state index in [4.69, 9.17) is 4.74 Å². The van der Waals surface area contributed by atoms with Crippen LogP contribution in [0.3, 0.4) is 0 Å². The number of hydrogen-bond donors (Lipinski definition) is 4. The zero-order valence-electron chi connectivity index (χ0n) is 33.0. The Bertz CT molecular complexity index is 1820. The van der Waals surface area contributed by atoms with Crippen LogP contribution in [0.25, 0.3) is 0 Å². The smallest absolute Gasteiger partial charge is 0.249 e. The summed E-state index contributed by atoms with van der Waals surface area (Å²) in [4.78, 5) is 58.0. The van der Waals surface area contributed by atoms with Crippen molar-refractivity contribution in [3.63, 3.8) is 0 Å². The molecule has 0 spiro atoms. The third-order valence-corrected chi connectivity index (χ3v) is 11.0. The van der Waals surface area contributed by atoms with Crippen LogP contribution in [0.2, 0.25) is 0 Å². The summed E-state index contributed by atoms with van der Waals surface area (Å²) in [6.07, 6.45) is 2.77. The zero-order chi connectivity index (χ0) is 39.3. The molecule has 18 heteroatoms. The van der Waals surface area contributed by atoms with Crippen LogP contribution in [-0.2, 0) is 30.5 Å². The third-order valence-electron chi connectivity index (χ3n) is 10.0. The molecule has 3 aromatic rings. The van der Waals surface area contributed by atoms with Crippen molar-refractivity contribution in [2.45, 2.75) is 99.4 Å². The number of ether oxygens (including phenoxy) is 1. The van der Waals surface area contributed by atoms with Crippen LogP contribution < -0.4 is 21.3 Å². The number of likely N-dealkylation sites (tertiary alicyclic amines) is 2. The second kappa shape index (κ2) is 23.2. The lowest BCUT2D eigenvalue weighted by Crippen LogP contribution is -2.58. The lowest BCUT2D eigenvalue weighted by atomic mass is 10.0. The largest absolute Gasteiger partial charge is 0.363 e. The number of amides is 4. The van der Waals surface area contributed by atoms with Gasteiger partial charge in [0.15, 0.2) is 0 Å². The van der Waals surface area contributed by atoms with Crippen molar-refractivity contribution >= 4 is 60.2 Å². The van der Waals surface area contributed by atoms with E-state index in [9.17, 15) is 19.2 Å². The minimum Gasteiger partial charge on any atom is -0.363 e. The standard InChI is InChI=1S/C39H52N10O5S.2ClH/c1-26(40-4)35(50)42-33(38(53)48-23-11-14-31(48)25-49-39(44-45-46-49)55-32-15-7-6-8-16-32)28(3)54-24-12-13-29-17-19-30(20-18-29)34(43-36(51)27(2)41-5)37(52)47-21-9-10-22-47;;/h6-8,15-20,26-28,31,33-34,40-41H,9-11,14,21-25H2,1-5H3,(H,42,50)(H,43,51);2*1H/t26-,27-,28-,31+,33+,34-;;/m0../s1. The minimum atomic E-state index is -0.956. The second-order valence-corrected chi connectivity index (χ2v) is 14.8. The number of nitrogens with one attached hydrogen (secondary N) is 4. The number of tetrazole rings is 1. The van der Waals surface area contributed by atoms with Gasteiger partial charge >= 0.3 is 0 Å². The molecule has 2 aliphatic heterocycles. The first-order valence-electron chi connectivity index (χ1n) is 18.8. The van der Waals surface area contributed by atoms with Crippen molar-refractivity contribution in [1.82, 2.24) is 51.3 Å². The van der Waals surface area contributed by atoms with Gasteiger partial charge < -0.3 is 35.8 Å². The van der Waals surface area contributed by atoms with E-state index in [-0.39, 0.29) is 61.1 Å². The van der Waals surface area contributed by atoms with Gasteiger partial charge in [0, 0.05) is 30.1 Å². The van der Waals surface area contributed by atoms with Gasteiger partial charge in [-0.3, -0.25) is 19.2 Å². The molecule has 5 rings (SSSR count). The Labute approximate surface area is 351 Å². The number of hydrogen-bond acceptors (Lipinski definition) is 11. The molecule has 0 bridgehead atoms. The Morgan fingerprint density at radius 2 is 1.51 bits per heavy atom. The van der Waals surface area contributed by atoms with Crippen LogP contribution in [0.1, 0.15) is 63.6 Å². The molecule has 6 atom stereocenters. The van der Waals surface area contributed by atoms with Crippen molar-refractivity contribution in [2.75, 3.05) is 40.3 Å². The molecule has 2 aliphatic rings. The molecule has 310 valence electrons. The molecule has 0 unspecified atom stereocenters. The Balaban J connectivity index is 0.00000435. The van der Waals surface area contributed by atoms with Gasteiger partial charge in [-0.25, -0.2) is 4.68 Å². The Hall–Kier alpha value is -4.24. The fourth-order valence-electron chi connectivity index (χ4n) is 6.43. The second-order valence-electron chi connectivity index (χ2n) is 13.8. The maximum atomic E-state index is 14.2. The number of nitrogens with zero attached hydrogens (tertiary/aromatic N) is 6. The average molecular weight is 846 g/mol. The summed E-state index contributed by atoms with van der Waals surface area (Å²) in [5.41, 5.74) is 1.36. The van der Waals surface area contributed by atoms with Gasteiger partial charge in [0.25, 0.3) is 0 Å². The van der Waals surface area contributed by atoms with E-state index in [1.165, 1.54) is 11.8 Å². The number of benzene rings is 2. The molecule has 15 nitrogen and oxygen atoms in total. The van der Waals surface area contributed by atoms with Gasteiger partial charge in [-0.1, -0.05) is 42.2 Å². The average Bonchev–Trinajstić information content (AvgIpc) is 4.01. The molecule has 1 aromatic heterocycles. The number of halogens is 2. The number of aromatic nitrogens is 4. The van der Waals surface area contributed by atoms with Crippen molar-refractivity contribution in [3.05, 3.63) is 65.7 Å². The van der Waals surface area contributed by atoms with Gasteiger partial charge in [0.2, 0.25) is 28.8 Å². The lowest BCUT2D eigenvalue weighted by molar-refractivity contribution is -0.141. The summed E-state index contributed by atoms with van der Waals surface area (Å²) in [7, 11) is 3.38. The molecular weight excluding hydrogens is 791 g/mol. The number of carbonyl (C=O) groups excluding carboxylic acids is 4. The van der Waals surface area contributed by atoms with Gasteiger partial charge in [-0.2, -0.15) is 0 Å². The summed E-state index contributed by atoms with van der Waals surface area (Å²) >= 11 is 1.45. The summed E-state index contributed by atoms with van der Waals surface area (Å²) in [6, 6.07) is 14.1. The van der Waals surface area contributed by atoms with E-state index in [1.54, 1.807) is 73.6 Å². The van der Waals surface area contributed by atoms with Crippen molar-refractivity contribution < 1.29 is 23.9 Å². The Morgan fingerprint density at radius 3 is 2.16 bits per heavy atom. The Kier molecular flexibility index (Phi) is 19.2. The maximum Gasteiger partial charge on any atom is 0.249 e. The molecule has 2 saturated heterocycles. The highest BCUT2D eigenvalue weighted by Crippen LogP contribution is 2.27. The zero-order valence-corrected chi connectivity index (χ0v) is 35.4. The van der Waals surface area contributed by atoms with Crippen LogP contribution in [0.15, 0.2) is 64.6 Å². The van der Waals surface area contributed by atoms with Gasteiger partial charge in [0.05, 0.1) is 30.8 Å². The molecule has 2 aromatic carbocycles. The summed E-state index contributed by atoms with van der Waals surface area (Å²) in [6.45, 7) is 7.52. The lowest BCUT2D eigenvalue weighted by Gasteiger charge is -2.32. The van der Waals surface area contributed by atoms with Crippen molar-refractivity contribution in [3.8, 4) is 11.8 Å². The summed E-state index contributed by atoms with van der Waals surface area (Å²) < 4.78 is 7.79. The summed E-state index contributed by atoms with van der Waals surface area (Å²) in [5, 5.41) is 24.6. The molecule has 0 radical (unpaired) electrons. The van der Waals surface area contributed by atoms with E-state index < -0.39 is 30.3 Å². The van der Waals surface area contributed by atoms with Gasteiger partial charge in [-0.05, 0) is 113 Å². The molecule has 3 heterocycles. The molecule has 2 fully saturated rings. The fraction of sp³-hybridized carbons (Fsp3) is 0.513. The normalized spacial score (nSPS) is 17.5. The van der Waals surface area contributed by atoms with E-state index in [1.807, 2.05) is 30.3 Å². The molecule has 0 saturated carbocycles. The van der Waals surface area contributed by atoms with Crippen LogP contribution in [0, 0.1) is 11.8 Å². The van der Waals surface area contributed by atoms with Crippen LogP contribution >= 0.6 is 36.6 Å². The minimum absolute atomic E-state index is 0. The first-order chi connectivity index (χ1) is 26.6. The van der Waals surface area contributed by atoms with Gasteiger partial charge in [-0.15, -0.1) is 29.9 Å². The SMILES string of the molecule is CN[C@@H](C)C(=O)N[C@H](C(=O)N1CCCC1)c1ccc(C#CCO[C@@H](C)[C@@H](NC(=O)[C@H](C)NC)C(=O)N2CCC[C@@H]2Cn2nnnc2Sc2ccccc2)cc1.Cl.Cl. The highest BCUT2D eigenvalue weighted by Gasteiger charge is 2.38. The molecule has 4 amide bonds. The first kappa shape index (κ1) is 47.1. The summed E-state index contributed by atoms with van der Waals surface area (Å²) in [5.74, 6) is 5.15. The first-order valence-corrected chi connectivity index (χ1v) is 19.6. The number of likely N-dealkylation sites (N-methyl/N-ethyl adjacent to an activating group) is 2. The monoisotopic (exact) mass is 844 g/mol. The Morgan fingerprint density at radius 1 is 0.860 bits per heavy atom. The fourth-order valence-corrected chi connectivity index (χ4v) is 7.23. The van der Waals surface area contributed by atoms with Crippen LogP contribution in [0.4, 0.5) is 0 Å². The quantitative estimate of drug-likeness (QED) is 0.156. The molecule has 0 aliphatic carbocycles. The maximum absolute atomic E-state index is 14.2. The highest BCUT2D eigenvalue weighted by atomic mass is 35.5. The highest BCUT2D eigenvalue weighted by molar-refractivity contribution is 7.99. The predicted molar refractivity (Wildman–Crippen MR) is 222 cm³/mol. The molecule has 4 N–H and O–H groups in total. The number of rotatable bonds is 16. The topological polar surface area (TPSA) is 176 Å².